The SMILES string of the molecule is Cc1cc(C#N)cc(C)c1Oc1cc(Cl)ccc1CO. The van der Waals surface area contributed by atoms with E-state index in [1.807, 2.05) is 13.8 Å². The minimum atomic E-state index is -0.124. The third kappa shape index (κ3) is 2.93. The van der Waals surface area contributed by atoms with Gasteiger partial charge in [0.1, 0.15) is 11.5 Å². The van der Waals surface area contributed by atoms with Crippen LogP contribution in [0.4, 0.5) is 0 Å². The Kier molecular flexibility index (Phi) is 4.29. The van der Waals surface area contributed by atoms with Crippen molar-refractivity contribution in [3.05, 3.63) is 57.6 Å². The second-order valence-corrected chi connectivity index (χ2v) is 5.00. The number of ether oxygens (including phenoxy) is 1. The molecule has 0 amide bonds. The zero-order valence-corrected chi connectivity index (χ0v) is 12.0. The highest BCUT2D eigenvalue weighted by molar-refractivity contribution is 6.30. The van der Waals surface area contributed by atoms with E-state index in [0.29, 0.717) is 27.6 Å². The Morgan fingerprint density at radius 3 is 2.40 bits per heavy atom. The summed E-state index contributed by atoms with van der Waals surface area (Å²) in [5.74, 6) is 1.21. The Morgan fingerprint density at radius 1 is 1.20 bits per heavy atom. The van der Waals surface area contributed by atoms with Crippen LogP contribution in [0.2, 0.25) is 5.02 Å². The Morgan fingerprint density at radius 2 is 1.85 bits per heavy atom. The molecule has 0 aliphatic rings. The van der Waals surface area contributed by atoms with Crippen LogP contribution in [0, 0.1) is 25.2 Å². The normalized spacial score (nSPS) is 10.2. The Balaban J connectivity index is 2.45. The van der Waals surface area contributed by atoms with Gasteiger partial charge in [0.25, 0.3) is 0 Å². The highest BCUT2D eigenvalue weighted by Gasteiger charge is 2.11. The van der Waals surface area contributed by atoms with Crippen LogP contribution in [0.3, 0.4) is 0 Å². The van der Waals surface area contributed by atoms with Gasteiger partial charge in [-0.05, 0) is 49.2 Å². The molecular weight excluding hydrogens is 274 g/mol. The van der Waals surface area contributed by atoms with Crippen LogP contribution in [0.5, 0.6) is 11.5 Å². The average Bonchev–Trinajstić information content (AvgIpc) is 2.42. The van der Waals surface area contributed by atoms with Gasteiger partial charge in [0.2, 0.25) is 0 Å². The molecule has 0 aliphatic carbocycles. The summed E-state index contributed by atoms with van der Waals surface area (Å²) in [7, 11) is 0. The first-order valence-corrected chi connectivity index (χ1v) is 6.51. The summed E-state index contributed by atoms with van der Waals surface area (Å²) in [4.78, 5) is 0. The standard InChI is InChI=1S/C16H14ClNO2/c1-10-5-12(8-18)6-11(2)16(10)20-15-7-14(17)4-3-13(15)9-19/h3-7,19H,9H2,1-2H3. The number of aliphatic hydroxyl groups is 1. The maximum absolute atomic E-state index is 9.34. The summed E-state index contributed by atoms with van der Waals surface area (Å²) in [5.41, 5.74) is 2.99. The van der Waals surface area contributed by atoms with Crippen LogP contribution in [0.1, 0.15) is 22.3 Å². The first-order valence-electron chi connectivity index (χ1n) is 6.13. The Bertz CT molecular complexity index is 666. The third-order valence-electron chi connectivity index (χ3n) is 3.00. The molecule has 4 heteroatoms. The molecule has 20 heavy (non-hydrogen) atoms. The number of nitriles is 1. The second kappa shape index (κ2) is 5.96. The van der Waals surface area contributed by atoms with Gasteiger partial charge in [-0.15, -0.1) is 0 Å². The predicted molar refractivity (Wildman–Crippen MR) is 78.1 cm³/mol. The Hall–Kier alpha value is -2.02. The molecule has 0 heterocycles. The smallest absolute Gasteiger partial charge is 0.134 e. The number of rotatable bonds is 3. The van der Waals surface area contributed by atoms with Crippen molar-refractivity contribution in [1.82, 2.24) is 0 Å². The maximum atomic E-state index is 9.34. The molecule has 0 saturated heterocycles. The summed E-state index contributed by atoms with van der Waals surface area (Å²) < 4.78 is 5.89. The first kappa shape index (κ1) is 14.4. The molecule has 2 aromatic carbocycles. The molecule has 1 N–H and O–H groups in total. The maximum Gasteiger partial charge on any atom is 0.134 e. The lowest BCUT2D eigenvalue weighted by Gasteiger charge is -2.14. The molecule has 102 valence electrons. The fourth-order valence-corrected chi connectivity index (χ4v) is 2.20. The zero-order chi connectivity index (χ0) is 14.7. The quantitative estimate of drug-likeness (QED) is 0.924. The number of benzene rings is 2. The zero-order valence-electron chi connectivity index (χ0n) is 11.3. The van der Waals surface area contributed by atoms with Gasteiger partial charge < -0.3 is 9.84 Å². The summed E-state index contributed by atoms with van der Waals surface area (Å²) in [6, 6.07) is 10.8. The molecule has 0 aliphatic heterocycles. The molecule has 0 aromatic heterocycles. The van der Waals surface area contributed by atoms with Crippen molar-refractivity contribution in [2.75, 3.05) is 0 Å². The highest BCUT2D eigenvalue weighted by atomic mass is 35.5. The van der Waals surface area contributed by atoms with E-state index in [9.17, 15) is 5.11 Å². The minimum Gasteiger partial charge on any atom is -0.456 e. The fourth-order valence-electron chi connectivity index (χ4n) is 2.04. The van der Waals surface area contributed by atoms with Crippen molar-refractivity contribution >= 4 is 11.6 Å². The molecule has 3 nitrogen and oxygen atoms in total. The molecule has 0 atom stereocenters. The third-order valence-corrected chi connectivity index (χ3v) is 3.24. The van der Waals surface area contributed by atoms with Gasteiger partial charge in [-0.25, -0.2) is 0 Å². The van der Waals surface area contributed by atoms with E-state index in [1.54, 1.807) is 30.3 Å². The van der Waals surface area contributed by atoms with E-state index < -0.39 is 0 Å². The van der Waals surface area contributed by atoms with E-state index in [-0.39, 0.29) is 6.61 Å². The largest absolute Gasteiger partial charge is 0.456 e. The van der Waals surface area contributed by atoms with E-state index in [0.717, 1.165) is 11.1 Å². The molecule has 0 unspecified atom stereocenters. The number of aryl methyl sites for hydroxylation is 2. The number of nitrogens with zero attached hydrogens (tertiary/aromatic N) is 1. The molecule has 0 fully saturated rings. The van der Waals surface area contributed by atoms with Gasteiger partial charge in [0.15, 0.2) is 0 Å². The number of hydrogen-bond acceptors (Lipinski definition) is 3. The minimum absolute atomic E-state index is 0.124. The van der Waals surface area contributed by atoms with Gasteiger partial charge in [-0.2, -0.15) is 5.26 Å². The van der Waals surface area contributed by atoms with Crippen LogP contribution < -0.4 is 4.74 Å². The van der Waals surface area contributed by atoms with Crippen molar-refractivity contribution in [2.24, 2.45) is 0 Å². The van der Waals surface area contributed by atoms with Crippen molar-refractivity contribution in [3.63, 3.8) is 0 Å². The van der Waals surface area contributed by atoms with Gasteiger partial charge in [0.05, 0.1) is 18.2 Å². The lowest BCUT2D eigenvalue weighted by atomic mass is 10.1. The molecule has 0 radical (unpaired) electrons. The van der Waals surface area contributed by atoms with E-state index in [1.165, 1.54) is 0 Å². The topological polar surface area (TPSA) is 53.2 Å². The lowest BCUT2D eigenvalue weighted by molar-refractivity contribution is 0.276. The molecule has 0 saturated carbocycles. The molecule has 2 aromatic rings. The summed E-state index contributed by atoms with van der Waals surface area (Å²) in [6.45, 7) is 3.64. The van der Waals surface area contributed by atoms with Gasteiger partial charge in [-0.1, -0.05) is 17.7 Å². The van der Waals surface area contributed by atoms with E-state index in [2.05, 4.69) is 6.07 Å². The lowest BCUT2D eigenvalue weighted by Crippen LogP contribution is -1.96. The van der Waals surface area contributed by atoms with Gasteiger partial charge >= 0.3 is 0 Å². The molecular formula is C16H14ClNO2. The fraction of sp³-hybridized carbons (Fsp3) is 0.188. The van der Waals surface area contributed by atoms with E-state index >= 15 is 0 Å². The van der Waals surface area contributed by atoms with Crippen LogP contribution in [-0.2, 0) is 6.61 Å². The van der Waals surface area contributed by atoms with Gasteiger partial charge in [0, 0.05) is 10.6 Å². The van der Waals surface area contributed by atoms with Crippen molar-refractivity contribution in [1.29, 1.82) is 5.26 Å². The Labute approximate surface area is 123 Å². The van der Waals surface area contributed by atoms with E-state index in [4.69, 9.17) is 21.6 Å². The predicted octanol–water partition coefficient (Wildman–Crippen LogP) is 4.11. The first-order chi connectivity index (χ1) is 9.55. The van der Waals surface area contributed by atoms with Crippen molar-refractivity contribution in [3.8, 4) is 17.6 Å². The molecule has 0 spiro atoms. The monoisotopic (exact) mass is 287 g/mol. The van der Waals surface area contributed by atoms with Crippen molar-refractivity contribution < 1.29 is 9.84 Å². The van der Waals surface area contributed by atoms with Gasteiger partial charge in [-0.3, -0.25) is 0 Å². The van der Waals surface area contributed by atoms with Crippen LogP contribution in [0.15, 0.2) is 30.3 Å². The number of aliphatic hydroxyl groups excluding tert-OH is 1. The van der Waals surface area contributed by atoms with Crippen molar-refractivity contribution in [2.45, 2.75) is 20.5 Å². The number of halogens is 1. The van der Waals surface area contributed by atoms with Crippen LogP contribution in [0.25, 0.3) is 0 Å². The molecule has 0 bridgehead atoms. The average molecular weight is 288 g/mol. The number of hydrogen-bond donors (Lipinski definition) is 1. The van der Waals surface area contributed by atoms with Crippen LogP contribution >= 0.6 is 11.6 Å². The highest BCUT2D eigenvalue weighted by Crippen LogP contribution is 2.33. The summed E-state index contributed by atoms with van der Waals surface area (Å²) in [6.07, 6.45) is 0. The summed E-state index contributed by atoms with van der Waals surface area (Å²) >= 11 is 5.96. The molecule has 2 rings (SSSR count). The second-order valence-electron chi connectivity index (χ2n) is 4.56. The summed E-state index contributed by atoms with van der Waals surface area (Å²) in [5, 5.41) is 18.8. The van der Waals surface area contributed by atoms with Crippen LogP contribution in [-0.4, -0.2) is 5.11 Å².